The zero-order valence-electron chi connectivity index (χ0n) is 17.8. The number of aryl methyl sites for hydroxylation is 2. The van der Waals surface area contributed by atoms with E-state index in [1.807, 2.05) is 45.9 Å². The average Bonchev–Trinajstić information content (AvgIpc) is 3.15. The highest BCUT2D eigenvalue weighted by Crippen LogP contribution is 2.22. The van der Waals surface area contributed by atoms with E-state index in [4.69, 9.17) is 0 Å². The molecular formula is C24H23FN4O2. The quantitative estimate of drug-likeness (QED) is 0.523. The molecule has 7 heteroatoms. The third kappa shape index (κ3) is 3.99. The van der Waals surface area contributed by atoms with Crippen LogP contribution in [-0.2, 0) is 5.54 Å². The molecule has 0 aliphatic heterocycles. The minimum atomic E-state index is -0.752. The first-order chi connectivity index (χ1) is 14.6. The Morgan fingerprint density at radius 1 is 1.06 bits per heavy atom. The number of H-pyrrole nitrogens is 1. The molecule has 31 heavy (non-hydrogen) atoms. The molecule has 2 N–H and O–H groups in total. The third-order valence-electron chi connectivity index (χ3n) is 5.51. The standard InChI is InChI=1S/C24H23FN4O2/c1-14-5-6-16(11-15(14)2)20-13-29-21(23(31)26-20)12-19(28-29)22(30)27-24(3,4)17-7-9-18(25)10-8-17/h5-13H,1-4H3,(H,26,31)(H,27,30). The van der Waals surface area contributed by atoms with Gasteiger partial charge in [-0.25, -0.2) is 8.91 Å². The molecule has 2 aromatic heterocycles. The van der Waals surface area contributed by atoms with Crippen LogP contribution < -0.4 is 10.9 Å². The highest BCUT2D eigenvalue weighted by molar-refractivity contribution is 5.94. The van der Waals surface area contributed by atoms with E-state index in [1.165, 1.54) is 22.7 Å². The van der Waals surface area contributed by atoms with Gasteiger partial charge in [0.1, 0.15) is 11.3 Å². The molecule has 4 rings (SSSR count). The molecular weight excluding hydrogens is 395 g/mol. The molecule has 2 heterocycles. The zero-order chi connectivity index (χ0) is 22.3. The Bertz CT molecular complexity index is 1350. The molecule has 0 fully saturated rings. The van der Waals surface area contributed by atoms with E-state index in [1.54, 1.807) is 18.3 Å². The third-order valence-corrected chi connectivity index (χ3v) is 5.51. The first kappa shape index (κ1) is 20.5. The van der Waals surface area contributed by atoms with Gasteiger partial charge in [0.05, 0.1) is 17.4 Å². The summed E-state index contributed by atoms with van der Waals surface area (Å²) in [5.41, 5.74) is 3.81. The lowest BCUT2D eigenvalue weighted by Gasteiger charge is -2.26. The first-order valence-electron chi connectivity index (χ1n) is 9.93. The Labute approximate surface area is 178 Å². The van der Waals surface area contributed by atoms with Gasteiger partial charge in [-0.3, -0.25) is 9.59 Å². The maximum atomic E-state index is 13.2. The molecule has 158 valence electrons. The fourth-order valence-electron chi connectivity index (χ4n) is 3.46. The van der Waals surface area contributed by atoms with Crippen LogP contribution in [-0.4, -0.2) is 20.5 Å². The number of aromatic nitrogens is 3. The van der Waals surface area contributed by atoms with Crippen molar-refractivity contribution in [2.75, 3.05) is 0 Å². The van der Waals surface area contributed by atoms with Gasteiger partial charge in [0.15, 0.2) is 5.69 Å². The van der Waals surface area contributed by atoms with E-state index in [0.29, 0.717) is 5.69 Å². The molecule has 0 saturated carbocycles. The van der Waals surface area contributed by atoms with Gasteiger partial charge in [-0.15, -0.1) is 0 Å². The molecule has 2 aromatic carbocycles. The van der Waals surface area contributed by atoms with Gasteiger partial charge in [0.2, 0.25) is 0 Å². The van der Waals surface area contributed by atoms with Crippen LogP contribution in [0.3, 0.4) is 0 Å². The molecule has 4 aromatic rings. The van der Waals surface area contributed by atoms with Crippen molar-refractivity contribution in [3.63, 3.8) is 0 Å². The van der Waals surface area contributed by atoms with Crippen LogP contribution in [0.4, 0.5) is 4.39 Å². The van der Waals surface area contributed by atoms with Crippen molar-refractivity contribution in [2.45, 2.75) is 33.2 Å². The van der Waals surface area contributed by atoms with Crippen LogP contribution in [0.15, 0.2) is 59.5 Å². The van der Waals surface area contributed by atoms with Crippen molar-refractivity contribution < 1.29 is 9.18 Å². The van der Waals surface area contributed by atoms with Crippen LogP contribution in [0.5, 0.6) is 0 Å². The van der Waals surface area contributed by atoms with Gasteiger partial charge >= 0.3 is 0 Å². The van der Waals surface area contributed by atoms with Crippen LogP contribution in [0.25, 0.3) is 16.8 Å². The summed E-state index contributed by atoms with van der Waals surface area (Å²) in [4.78, 5) is 28.3. The molecule has 1 amide bonds. The summed E-state index contributed by atoms with van der Waals surface area (Å²) in [6.07, 6.45) is 1.70. The molecule has 0 spiro atoms. The Morgan fingerprint density at radius 3 is 2.45 bits per heavy atom. The summed E-state index contributed by atoms with van der Waals surface area (Å²) < 4.78 is 14.6. The van der Waals surface area contributed by atoms with E-state index < -0.39 is 11.4 Å². The number of nitrogens with one attached hydrogen (secondary N) is 2. The number of rotatable bonds is 4. The summed E-state index contributed by atoms with van der Waals surface area (Å²) in [5.74, 6) is -0.768. The molecule has 0 aliphatic rings. The molecule has 0 bridgehead atoms. The minimum Gasteiger partial charge on any atom is -0.342 e. The van der Waals surface area contributed by atoms with Crippen molar-refractivity contribution in [1.82, 2.24) is 19.9 Å². The van der Waals surface area contributed by atoms with E-state index in [2.05, 4.69) is 15.4 Å². The Morgan fingerprint density at radius 2 is 1.77 bits per heavy atom. The van der Waals surface area contributed by atoms with Crippen LogP contribution in [0.1, 0.15) is 41.0 Å². The molecule has 0 unspecified atom stereocenters. The minimum absolute atomic E-state index is 0.123. The Kier molecular flexibility index (Phi) is 4.97. The highest BCUT2D eigenvalue weighted by atomic mass is 19.1. The molecule has 0 radical (unpaired) electrons. The van der Waals surface area contributed by atoms with Crippen molar-refractivity contribution in [3.8, 4) is 11.3 Å². The number of nitrogens with zero attached hydrogens (tertiary/aromatic N) is 2. The molecule has 0 saturated heterocycles. The molecule has 0 aliphatic carbocycles. The monoisotopic (exact) mass is 418 g/mol. The average molecular weight is 418 g/mol. The Balaban J connectivity index is 1.66. The lowest BCUT2D eigenvalue weighted by Crippen LogP contribution is -2.41. The predicted octanol–water partition coefficient (Wildman–Crippen LogP) is 4.11. The first-order valence-corrected chi connectivity index (χ1v) is 9.93. The maximum Gasteiger partial charge on any atom is 0.274 e. The second-order valence-electron chi connectivity index (χ2n) is 8.24. The van der Waals surface area contributed by atoms with Crippen LogP contribution in [0.2, 0.25) is 0 Å². The normalized spacial score (nSPS) is 11.6. The smallest absolute Gasteiger partial charge is 0.274 e. The summed E-state index contributed by atoms with van der Waals surface area (Å²) in [6.45, 7) is 7.67. The van der Waals surface area contributed by atoms with Crippen LogP contribution >= 0.6 is 0 Å². The van der Waals surface area contributed by atoms with Gasteiger partial charge in [-0.1, -0.05) is 24.3 Å². The zero-order valence-corrected chi connectivity index (χ0v) is 17.8. The number of hydrogen-bond acceptors (Lipinski definition) is 3. The summed E-state index contributed by atoms with van der Waals surface area (Å²) in [6, 6.07) is 13.3. The second kappa shape index (κ2) is 7.50. The van der Waals surface area contributed by atoms with E-state index in [-0.39, 0.29) is 22.6 Å². The number of carbonyl (C=O) groups is 1. The van der Waals surface area contributed by atoms with E-state index >= 15 is 0 Å². The second-order valence-corrected chi connectivity index (χ2v) is 8.24. The van der Waals surface area contributed by atoms with Crippen molar-refractivity contribution in [3.05, 3.63) is 93.3 Å². The van der Waals surface area contributed by atoms with Crippen LogP contribution in [0, 0.1) is 19.7 Å². The highest BCUT2D eigenvalue weighted by Gasteiger charge is 2.25. The summed E-state index contributed by atoms with van der Waals surface area (Å²) in [7, 11) is 0. The molecule has 6 nitrogen and oxygen atoms in total. The van der Waals surface area contributed by atoms with Gasteiger partial charge in [0.25, 0.3) is 11.5 Å². The number of benzene rings is 2. The largest absolute Gasteiger partial charge is 0.342 e. The number of halogens is 1. The summed E-state index contributed by atoms with van der Waals surface area (Å²) >= 11 is 0. The van der Waals surface area contributed by atoms with Gasteiger partial charge in [-0.05, 0) is 68.1 Å². The fourth-order valence-corrected chi connectivity index (χ4v) is 3.46. The number of hydrogen-bond donors (Lipinski definition) is 2. The maximum absolute atomic E-state index is 13.2. The molecule has 0 atom stereocenters. The van der Waals surface area contributed by atoms with Gasteiger partial charge in [0, 0.05) is 6.07 Å². The number of aromatic amines is 1. The van der Waals surface area contributed by atoms with Crippen molar-refractivity contribution in [2.24, 2.45) is 0 Å². The Hall–Kier alpha value is -3.74. The van der Waals surface area contributed by atoms with Gasteiger partial charge < -0.3 is 10.3 Å². The number of carbonyl (C=O) groups excluding carboxylic acids is 1. The number of amides is 1. The van der Waals surface area contributed by atoms with Crippen molar-refractivity contribution >= 4 is 11.4 Å². The van der Waals surface area contributed by atoms with Crippen molar-refractivity contribution in [1.29, 1.82) is 0 Å². The van der Waals surface area contributed by atoms with E-state index in [9.17, 15) is 14.0 Å². The number of fused-ring (bicyclic) bond motifs is 1. The van der Waals surface area contributed by atoms with E-state index in [0.717, 1.165) is 22.3 Å². The van der Waals surface area contributed by atoms with Gasteiger partial charge in [-0.2, -0.15) is 5.10 Å². The fraction of sp³-hybridized carbons (Fsp3) is 0.208. The predicted molar refractivity (Wildman–Crippen MR) is 118 cm³/mol. The topological polar surface area (TPSA) is 79.3 Å². The lowest BCUT2D eigenvalue weighted by atomic mass is 9.94. The SMILES string of the molecule is Cc1ccc(-c2cn3nc(C(=O)NC(C)(C)c4ccc(F)cc4)cc3c(=O)[nH]2)cc1C. The lowest BCUT2D eigenvalue weighted by molar-refractivity contribution is 0.0906. The summed E-state index contributed by atoms with van der Waals surface area (Å²) in [5, 5.41) is 7.22.